The fourth-order valence-corrected chi connectivity index (χ4v) is 8.23. The number of carbonyl (C=O) groups is 4. The first-order valence-electron chi connectivity index (χ1n) is 16.5. The van der Waals surface area contributed by atoms with Gasteiger partial charge >= 0.3 is 12.3 Å². The van der Waals surface area contributed by atoms with E-state index in [2.05, 4.69) is 15.4 Å². The van der Waals surface area contributed by atoms with E-state index in [-0.39, 0.29) is 38.9 Å². The topological polar surface area (TPSA) is 154 Å². The highest BCUT2D eigenvalue weighted by Crippen LogP contribution is 2.46. The molecule has 5 atom stereocenters. The molecule has 0 radical (unpaired) electrons. The molecule has 0 unspecified atom stereocenters. The van der Waals surface area contributed by atoms with Gasteiger partial charge in [-0.2, -0.15) is 13.2 Å². The normalized spacial score (nSPS) is 29.2. The molecule has 0 spiro atoms. The second kappa shape index (κ2) is 13.5. The van der Waals surface area contributed by atoms with Crippen molar-refractivity contribution in [2.24, 2.45) is 5.92 Å². The summed E-state index contributed by atoms with van der Waals surface area (Å²) in [5, 5.41) is 4.27. The zero-order chi connectivity index (χ0) is 35.1. The molecule has 1 saturated heterocycles. The quantitative estimate of drug-likeness (QED) is 0.301. The zero-order valence-corrected chi connectivity index (χ0v) is 27.5. The highest BCUT2D eigenvalue weighted by atomic mass is 32.2. The molecule has 3 N–H and O–H groups in total. The third-order valence-corrected chi connectivity index (χ3v) is 11.7. The second-order valence-electron chi connectivity index (χ2n) is 13.5. The van der Waals surface area contributed by atoms with Crippen molar-refractivity contribution in [3.8, 4) is 0 Å². The first-order chi connectivity index (χ1) is 23.2. The van der Waals surface area contributed by atoms with Crippen LogP contribution in [-0.4, -0.2) is 90.3 Å². The van der Waals surface area contributed by atoms with Crippen molar-refractivity contribution < 1.29 is 49.9 Å². The summed E-state index contributed by atoms with van der Waals surface area (Å²) in [6.07, 6.45) is 0.0554. The number of hydrogen-bond acceptors (Lipinski definition) is 8. The van der Waals surface area contributed by atoms with Crippen LogP contribution in [0.4, 0.5) is 22.4 Å². The Balaban J connectivity index is 1.24. The lowest BCUT2D eigenvalue weighted by atomic mass is 10.0. The third-order valence-electron chi connectivity index (χ3n) is 9.84. The van der Waals surface area contributed by atoms with Gasteiger partial charge < -0.3 is 15.0 Å². The Hall–Kier alpha value is -3.73. The molecular weight excluding hydrogens is 674 g/mol. The lowest BCUT2D eigenvalue weighted by Crippen LogP contribution is -2.58. The Morgan fingerprint density at radius 1 is 1.08 bits per heavy atom. The van der Waals surface area contributed by atoms with E-state index in [1.54, 1.807) is 12.1 Å². The fraction of sp³-hybridized carbons (Fsp3) is 0.625. The van der Waals surface area contributed by atoms with Crippen LogP contribution in [0.15, 0.2) is 30.4 Å². The van der Waals surface area contributed by atoms with Crippen molar-refractivity contribution in [1.29, 1.82) is 0 Å². The Morgan fingerprint density at radius 3 is 2.57 bits per heavy atom. The molecule has 2 saturated carbocycles. The zero-order valence-electron chi connectivity index (χ0n) is 26.6. The van der Waals surface area contributed by atoms with E-state index in [0.29, 0.717) is 49.7 Å². The van der Waals surface area contributed by atoms with Crippen LogP contribution in [0.3, 0.4) is 0 Å². The summed E-state index contributed by atoms with van der Waals surface area (Å²) in [5.74, 6) is -3.55. The number of halogens is 4. The number of carbonyl (C=O) groups excluding carboxylic acids is 4. The largest absolute Gasteiger partial charge is 0.444 e. The molecule has 0 aromatic heterocycles. The number of amides is 4. The van der Waals surface area contributed by atoms with Gasteiger partial charge in [0.25, 0.3) is 5.91 Å². The van der Waals surface area contributed by atoms with Crippen LogP contribution in [0.2, 0.25) is 0 Å². The van der Waals surface area contributed by atoms with Gasteiger partial charge in [0.05, 0.1) is 30.9 Å². The first kappa shape index (κ1) is 35.1. The molecule has 12 nitrogen and oxygen atoms in total. The van der Waals surface area contributed by atoms with Crippen LogP contribution in [0, 0.1) is 11.7 Å². The molecule has 3 aliphatic heterocycles. The second-order valence-corrected chi connectivity index (χ2v) is 15.5. The molecule has 0 bridgehead atoms. The Labute approximate surface area is 281 Å². The van der Waals surface area contributed by atoms with E-state index < -0.39 is 87.3 Å². The molecule has 5 aliphatic rings. The standard InChI is InChI=1S/C32H39F4N5O7S/c33-24-9-6-7-19-15-40(17-23(19)24)30(45)48-21-13-26-27(42)38-31(29(44)39-49(46,47)22-11-12-22)14-20(31)8-4-2-1-3-5-10-25(28(43)41(26)16-21)37-18-32(34,35)36/h4,6-9,20-22,25-26,37H,1-3,5,10-18H2,(H,38,42)(H,39,44)/t20-,21-,25+,26+,31-/m1/s1. The number of ether oxygens (including phenoxy) is 1. The average Bonchev–Trinajstić information content (AvgIpc) is 3.91. The minimum Gasteiger partial charge on any atom is -0.444 e. The number of sulfonamides is 1. The van der Waals surface area contributed by atoms with Crippen molar-refractivity contribution in [3.05, 3.63) is 47.3 Å². The van der Waals surface area contributed by atoms with Gasteiger partial charge in [0.2, 0.25) is 21.8 Å². The van der Waals surface area contributed by atoms with Crippen LogP contribution in [0.1, 0.15) is 68.9 Å². The van der Waals surface area contributed by atoms with Gasteiger partial charge in [-0.1, -0.05) is 37.1 Å². The maximum absolute atomic E-state index is 14.3. The van der Waals surface area contributed by atoms with Crippen LogP contribution < -0.4 is 15.4 Å². The van der Waals surface area contributed by atoms with E-state index in [1.807, 2.05) is 6.08 Å². The number of alkyl halides is 3. The summed E-state index contributed by atoms with van der Waals surface area (Å²) < 4.78 is 87.1. The van der Waals surface area contributed by atoms with Crippen molar-refractivity contribution >= 4 is 33.8 Å². The monoisotopic (exact) mass is 713 g/mol. The fourth-order valence-electron chi connectivity index (χ4n) is 6.87. The van der Waals surface area contributed by atoms with Gasteiger partial charge in [-0.15, -0.1) is 0 Å². The van der Waals surface area contributed by atoms with Crippen LogP contribution in [-0.2, 0) is 42.2 Å². The number of benzene rings is 1. The lowest BCUT2D eigenvalue weighted by molar-refractivity contribution is -0.144. The molecule has 3 heterocycles. The summed E-state index contributed by atoms with van der Waals surface area (Å²) >= 11 is 0. The molecule has 6 rings (SSSR count). The maximum atomic E-state index is 14.3. The van der Waals surface area contributed by atoms with Crippen LogP contribution in [0.5, 0.6) is 0 Å². The third kappa shape index (κ3) is 7.87. The minimum absolute atomic E-state index is 0.0551. The predicted octanol–water partition coefficient (Wildman–Crippen LogP) is 2.77. The molecule has 2 aliphatic carbocycles. The number of nitrogens with zero attached hydrogens (tertiary/aromatic N) is 2. The van der Waals surface area contributed by atoms with Gasteiger partial charge in [-0.3, -0.25) is 29.3 Å². The lowest BCUT2D eigenvalue weighted by Gasteiger charge is -2.30. The van der Waals surface area contributed by atoms with Gasteiger partial charge in [0, 0.05) is 24.4 Å². The van der Waals surface area contributed by atoms with Gasteiger partial charge in [-0.25, -0.2) is 17.6 Å². The molecule has 49 heavy (non-hydrogen) atoms. The van der Waals surface area contributed by atoms with Crippen molar-refractivity contribution in [2.45, 2.75) is 106 Å². The maximum Gasteiger partial charge on any atom is 0.410 e. The molecule has 1 aromatic carbocycles. The van der Waals surface area contributed by atoms with E-state index >= 15 is 0 Å². The highest BCUT2D eigenvalue weighted by Gasteiger charge is 2.62. The van der Waals surface area contributed by atoms with Gasteiger partial charge in [0.1, 0.15) is 23.5 Å². The number of allylic oxidation sites excluding steroid dienone is 1. The molecular formula is C32H39F4N5O7S. The van der Waals surface area contributed by atoms with Crippen molar-refractivity contribution in [2.75, 3.05) is 13.1 Å². The van der Waals surface area contributed by atoms with Gasteiger partial charge in [0.15, 0.2) is 0 Å². The molecule has 268 valence electrons. The summed E-state index contributed by atoms with van der Waals surface area (Å²) in [4.78, 5) is 56.9. The number of hydrogen-bond donors (Lipinski definition) is 3. The highest BCUT2D eigenvalue weighted by molar-refractivity contribution is 7.91. The number of fused-ring (bicyclic) bond motifs is 3. The molecule has 4 amide bonds. The first-order valence-corrected chi connectivity index (χ1v) is 18.1. The SMILES string of the molecule is O=C1N[C@]2(C(=O)NS(=O)(=O)C3CC3)C[C@H]2C=CCCCCC[C@H](NCC(F)(F)F)C(=O)N2C[C@H](OC(=O)N3Cc4cccc(F)c4C3)C[C@@H]12. The summed E-state index contributed by atoms with van der Waals surface area (Å²) in [7, 11) is -3.96. The average molecular weight is 714 g/mol. The van der Waals surface area contributed by atoms with Crippen molar-refractivity contribution in [1.82, 2.24) is 25.2 Å². The summed E-state index contributed by atoms with van der Waals surface area (Å²) in [5.41, 5.74) is -0.685. The minimum atomic E-state index is -4.61. The van der Waals surface area contributed by atoms with Gasteiger partial charge in [-0.05, 0) is 50.2 Å². The number of rotatable bonds is 6. The van der Waals surface area contributed by atoms with E-state index in [4.69, 9.17) is 4.74 Å². The van der Waals surface area contributed by atoms with E-state index in [1.165, 1.54) is 17.0 Å². The number of nitrogens with one attached hydrogen (secondary N) is 3. The Bertz CT molecular complexity index is 1640. The van der Waals surface area contributed by atoms with Crippen LogP contribution in [0.25, 0.3) is 0 Å². The molecule has 3 fully saturated rings. The molecule has 17 heteroatoms. The smallest absolute Gasteiger partial charge is 0.410 e. The van der Waals surface area contributed by atoms with Crippen LogP contribution >= 0.6 is 0 Å². The Morgan fingerprint density at radius 2 is 1.86 bits per heavy atom. The summed E-state index contributed by atoms with van der Waals surface area (Å²) in [6.45, 7) is -1.74. The Kier molecular flexibility index (Phi) is 9.69. The molecule has 1 aromatic rings. The van der Waals surface area contributed by atoms with E-state index in [0.717, 1.165) is 4.90 Å². The van der Waals surface area contributed by atoms with Crippen molar-refractivity contribution in [3.63, 3.8) is 0 Å². The predicted molar refractivity (Wildman–Crippen MR) is 165 cm³/mol. The summed E-state index contributed by atoms with van der Waals surface area (Å²) in [6, 6.07) is 1.81. The van der Waals surface area contributed by atoms with E-state index in [9.17, 15) is 45.2 Å².